The molecule has 0 rings (SSSR count). The number of carbonyl (C=O) groups excluding carboxylic acids is 1. The zero-order valence-electron chi connectivity index (χ0n) is 8.13. The molecule has 0 aromatic heterocycles. The van der Waals surface area contributed by atoms with Crippen molar-refractivity contribution >= 4 is 5.97 Å². The van der Waals surface area contributed by atoms with Crippen molar-refractivity contribution < 1.29 is 14.3 Å². The largest absolute Gasteiger partial charge is 0.466 e. The van der Waals surface area contributed by atoms with Crippen LogP contribution in [-0.4, -0.2) is 25.8 Å². The van der Waals surface area contributed by atoms with E-state index in [1.807, 2.05) is 0 Å². The van der Waals surface area contributed by atoms with Gasteiger partial charge in [-0.1, -0.05) is 6.92 Å². The molecule has 0 aliphatic rings. The number of esters is 1. The van der Waals surface area contributed by atoms with Crippen LogP contribution >= 0.6 is 0 Å². The predicted molar refractivity (Wildman–Crippen MR) is 47.0 cm³/mol. The third-order valence-corrected chi connectivity index (χ3v) is 1.76. The molecule has 0 bridgehead atoms. The molecule has 3 heteroatoms. The highest BCUT2D eigenvalue weighted by Gasteiger charge is 2.03. The van der Waals surface area contributed by atoms with Gasteiger partial charge >= 0.3 is 5.97 Å². The second kappa shape index (κ2) is 7.10. The number of methoxy groups -OCH3 is 1. The van der Waals surface area contributed by atoms with Crippen molar-refractivity contribution in [3.63, 3.8) is 0 Å². The van der Waals surface area contributed by atoms with Crippen LogP contribution in [0.4, 0.5) is 0 Å². The molecular weight excluding hydrogens is 156 g/mol. The van der Waals surface area contributed by atoms with Crippen LogP contribution in [-0.2, 0) is 14.3 Å². The monoisotopic (exact) mass is 174 g/mol. The SMILES string of the molecule is CCC(CCCOC(C)=O)OC. The summed E-state index contributed by atoms with van der Waals surface area (Å²) in [5, 5.41) is 0. The zero-order chi connectivity index (χ0) is 9.40. The minimum absolute atomic E-state index is 0.208. The first kappa shape index (κ1) is 11.4. The lowest BCUT2D eigenvalue weighted by Crippen LogP contribution is -2.10. The molecule has 0 saturated carbocycles. The van der Waals surface area contributed by atoms with Gasteiger partial charge in [-0.3, -0.25) is 4.79 Å². The van der Waals surface area contributed by atoms with Crippen LogP contribution in [0.3, 0.4) is 0 Å². The molecule has 12 heavy (non-hydrogen) atoms. The Morgan fingerprint density at radius 2 is 2.17 bits per heavy atom. The summed E-state index contributed by atoms with van der Waals surface area (Å²) in [5.41, 5.74) is 0. The minimum atomic E-state index is -0.208. The maximum absolute atomic E-state index is 10.4. The average Bonchev–Trinajstić information content (AvgIpc) is 2.04. The van der Waals surface area contributed by atoms with Gasteiger partial charge in [0.2, 0.25) is 0 Å². The smallest absolute Gasteiger partial charge is 0.302 e. The number of ether oxygens (including phenoxy) is 2. The first-order chi connectivity index (χ1) is 5.70. The van der Waals surface area contributed by atoms with E-state index in [1.165, 1.54) is 6.92 Å². The average molecular weight is 174 g/mol. The summed E-state index contributed by atoms with van der Waals surface area (Å²) in [7, 11) is 1.71. The Hall–Kier alpha value is -0.570. The molecule has 0 spiro atoms. The third kappa shape index (κ3) is 6.16. The summed E-state index contributed by atoms with van der Waals surface area (Å²) in [4.78, 5) is 10.4. The van der Waals surface area contributed by atoms with Crippen LogP contribution in [0.2, 0.25) is 0 Å². The molecule has 0 radical (unpaired) electrons. The van der Waals surface area contributed by atoms with Gasteiger partial charge in [-0.15, -0.1) is 0 Å². The van der Waals surface area contributed by atoms with Crippen molar-refractivity contribution in [2.24, 2.45) is 0 Å². The summed E-state index contributed by atoms with van der Waals surface area (Å²) >= 11 is 0. The van der Waals surface area contributed by atoms with Crippen LogP contribution in [0.25, 0.3) is 0 Å². The van der Waals surface area contributed by atoms with Gasteiger partial charge in [-0.2, -0.15) is 0 Å². The molecule has 0 fully saturated rings. The molecule has 0 aromatic carbocycles. The molecule has 0 aliphatic carbocycles. The van der Waals surface area contributed by atoms with E-state index in [-0.39, 0.29) is 5.97 Å². The maximum Gasteiger partial charge on any atom is 0.302 e. The molecule has 0 aromatic rings. The molecule has 3 nitrogen and oxygen atoms in total. The normalized spacial score (nSPS) is 12.6. The predicted octanol–water partition coefficient (Wildman–Crippen LogP) is 1.75. The summed E-state index contributed by atoms with van der Waals surface area (Å²) in [5.74, 6) is -0.208. The van der Waals surface area contributed by atoms with Crippen LogP contribution in [0.5, 0.6) is 0 Å². The van der Waals surface area contributed by atoms with E-state index in [1.54, 1.807) is 7.11 Å². The Kier molecular flexibility index (Phi) is 6.76. The molecule has 1 atom stereocenters. The van der Waals surface area contributed by atoms with Crippen LogP contribution in [0.15, 0.2) is 0 Å². The molecule has 0 aliphatic heterocycles. The van der Waals surface area contributed by atoms with Crippen LogP contribution < -0.4 is 0 Å². The second-order valence-electron chi connectivity index (χ2n) is 2.75. The molecule has 0 heterocycles. The Balaban J connectivity index is 3.23. The Morgan fingerprint density at radius 3 is 2.58 bits per heavy atom. The van der Waals surface area contributed by atoms with E-state index in [2.05, 4.69) is 6.92 Å². The summed E-state index contributed by atoms with van der Waals surface area (Å²) in [6, 6.07) is 0. The first-order valence-electron chi connectivity index (χ1n) is 4.36. The number of carbonyl (C=O) groups is 1. The first-order valence-corrected chi connectivity index (χ1v) is 4.36. The van der Waals surface area contributed by atoms with Crippen molar-refractivity contribution in [2.45, 2.75) is 39.2 Å². The molecule has 1 unspecified atom stereocenters. The number of hydrogen-bond donors (Lipinski definition) is 0. The lowest BCUT2D eigenvalue weighted by Gasteiger charge is -2.11. The van der Waals surface area contributed by atoms with Crippen LogP contribution in [0.1, 0.15) is 33.1 Å². The standard InChI is InChI=1S/C9H18O3/c1-4-9(11-3)6-5-7-12-8(2)10/h9H,4-7H2,1-3H3. The Bertz CT molecular complexity index is 119. The zero-order valence-corrected chi connectivity index (χ0v) is 8.13. The molecular formula is C9H18O3. The molecule has 72 valence electrons. The molecule has 0 amide bonds. The third-order valence-electron chi connectivity index (χ3n) is 1.76. The van der Waals surface area contributed by atoms with Gasteiger partial charge in [0, 0.05) is 14.0 Å². The number of rotatable bonds is 6. The fraction of sp³-hybridized carbons (Fsp3) is 0.889. The van der Waals surface area contributed by atoms with Crippen molar-refractivity contribution in [1.29, 1.82) is 0 Å². The maximum atomic E-state index is 10.4. The van der Waals surface area contributed by atoms with Crippen molar-refractivity contribution in [3.05, 3.63) is 0 Å². The highest BCUT2D eigenvalue weighted by atomic mass is 16.5. The van der Waals surface area contributed by atoms with E-state index in [0.717, 1.165) is 19.3 Å². The van der Waals surface area contributed by atoms with Gasteiger partial charge in [-0.05, 0) is 19.3 Å². The fourth-order valence-corrected chi connectivity index (χ4v) is 1.02. The van der Waals surface area contributed by atoms with E-state index < -0.39 is 0 Å². The van der Waals surface area contributed by atoms with E-state index in [9.17, 15) is 4.79 Å². The van der Waals surface area contributed by atoms with Gasteiger partial charge in [0.05, 0.1) is 12.7 Å². The van der Waals surface area contributed by atoms with E-state index in [0.29, 0.717) is 12.7 Å². The van der Waals surface area contributed by atoms with Gasteiger partial charge in [0.25, 0.3) is 0 Å². The van der Waals surface area contributed by atoms with Gasteiger partial charge in [0.1, 0.15) is 0 Å². The van der Waals surface area contributed by atoms with E-state index >= 15 is 0 Å². The molecule has 0 saturated heterocycles. The van der Waals surface area contributed by atoms with Gasteiger partial charge in [0.15, 0.2) is 0 Å². The summed E-state index contributed by atoms with van der Waals surface area (Å²) in [6.07, 6.45) is 3.16. The van der Waals surface area contributed by atoms with Crippen molar-refractivity contribution in [2.75, 3.05) is 13.7 Å². The van der Waals surface area contributed by atoms with E-state index in [4.69, 9.17) is 9.47 Å². The fourth-order valence-electron chi connectivity index (χ4n) is 1.02. The van der Waals surface area contributed by atoms with Gasteiger partial charge in [-0.25, -0.2) is 0 Å². The van der Waals surface area contributed by atoms with Gasteiger partial charge < -0.3 is 9.47 Å². The van der Waals surface area contributed by atoms with Crippen LogP contribution in [0, 0.1) is 0 Å². The quantitative estimate of drug-likeness (QED) is 0.454. The highest BCUT2D eigenvalue weighted by Crippen LogP contribution is 2.04. The summed E-state index contributed by atoms with van der Waals surface area (Å²) in [6.45, 7) is 4.02. The lowest BCUT2D eigenvalue weighted by molar-refractivity contribution is -0.141. The van der Waals surface area contributed by atoms with Crippen molar-refractivity contribution in [1.82, 2.24) is 0 Å². The second-order valence-corrected chi connectivity index (χ2v) is 2.75. The van der Waals surface area contributed by atoms with Crippen molar-refractivity contribution in [3.8, 4) is 0 Å². The highest BCUT2D eigenvalue weighted by molar-refractivity contribution is 5.65. The Morgan fingerprint density at radius 1 is 1.50 bits per heavy atom. The Labute approximate surface area is 74.0 Å². The minimum Gasteiger partial charge on any atom is -0.466 e. The lowest BCUT2D eigenvalue weighted by atomic mass is 10.1. The number of hydrogen-bond acceptors (Lipinski definition) is 3. The summed E-state index contributed by atoms with van der Waals surface area (Å²) < 4.78 is 9.95. The topological polar surface area (TPSA) is 35.5 Å². The molecule has 0 N–H and O–H groups in total.